The van der Waals surface area contributed by atoms with Crippen LogP contribution in [0.1, 0.15) is 18.1 Å². The average molecular weight is 341 g/mol. The quantitative estimate of drug-likeness (QED) is 0.645. The highest BCUT2D eigenvalue weighted by Gasteiger charge is 2.11. The van der Waals surface area contributed by atoms with Crippen molar-refractivity contribution >= 4 is 29.3 Å². The maximum absolute atomic E-state index is 12.3. The van der Waals surface area contributed by atoms with E-state index in [1.54, 1.807) is 18.2 Å². The van der Waals surface area contributed by atoms with Gasteiger partial charge < -0.3 is 10.1 Å². The Morgan fingerprint density at radius 1 is 1.29 bits per heavy atom. The van der Waals surface area contributed by atoms with E-state index in [0.29, 0.717) is 22.0 Å². The number of rotatable bonds is 5. The number of anilines is 1. The molecule has 1 N–H and O–H groups in total. The molecule has 0 fully saturated rings. The molecule has 0 bridgehead atoms. The number of hydrogen-bond donors (Lipinski definition) is 1. The number of halogens is 1. The summed E-state index contributed by atoms with van der Waals surface area (Å²) in [4.78, 5) is 12.3. The molecule has 0 radical (unpaired) electrons. The number of aryl methyl sites for hydroxylation is 1. The molecule has 0 aliphatic rings. The minimum atomic E-state index is -0.483. The first-order chi connectivity index (χ1) is 11.6. The minimum Gasteiger partial charge on any atom is -0.496 e. The number of carbonyl (C=O) groups excluding carboxylic acids is 1. The lowest BCUT2D eigenvalue weighted by atomic mass is 10.1. The highest BCUT2D eigenvalue weighted by Crippen LogP contribution is 2.25. The normalized spacial score (nSPS) is 10.8. The van der Waals surface area contributed by atoms with Crippen LogP contribution in [0, 0.1) is 11.3 Å². The summed E-state index contributed by atoms with van der Waals surface area (Å²) in [7, 11) is 1.52. The Labute approximate surface area is 146 Å². The summed E-state index contributed by atoms with van der Waals surface area (Å²) in [5.41, 5.74) is 2.34. The van der Waals surface area contributed by atoms with E-state index in [0.717, 1.165) is 6.42 Å². The topological polar surface area (TPSA) is 62.1 Å². The van der Waals surface area contributed by atoms with Gasteiger partial charge in [0, 0.05) is 16.3 Å². The van der Waals surface area contributed by atoms with Gasteiger partial charge in [0.15, 0.2) is 0 Å². The van der Waals surface area contributed by atoms with Gasteiger partial charge in [0.05, 0.1) is 7.11 Å². The standard InChI is InChI=1S/C19H17ClN2O2/c1-3-13-4-7-17(8-5-13)22-19(23)15(12-21)10-14-11-16(20)6-9-18(14)24-2/h4-11H,3H2,1-2H3,(H,22,23)/b15-10+. The Kier molecular flexibility index (Phi) is 6.00. The molecule has 0 saturated carbocycles. The van der Waals surface area contributed by atoms with Crippen molar-refractivity contribution in [2.75, 3.05) is 12.4 Å². The highest BCUT2D eigenvalue weighted by atomic mass is 35.5. The van der Waals surface area contributed by atoms with E-state index in [1.807, 2.05) is 30.3 Å². The molecule has 0 heterocycles. The van der Waals surface area contributed by atoms with Gasteiger partial charge in [-0.2, -0.15) is 5.26 Å². The van der Waals surface area contributed by atoms with E-state index >= 15 is 0 Å². The highest BCUT2D eigenvalue weighted by molar-refractivity contribution is 6.30. The number of nitrogens with zero attached hydrogens (tertiary/aromatic N) is 1. The molecule has 0 unspecified atom stereocenters. The molecule has 2 rings (SSSR count). The molecule has 0 aliphatic carbocycles. The zero-order chi connectivity index (χ0) is 17.5. The summed E-state index contributed by atoms with van der Waals surface area (Å²) >= 11 is 5.97. The van der Waals surface area contributed by atoms with Crippen molar-refractivity contribution < 1.29 is 9.53 Å². The summed E-state index contributed by atoms with van der Waals surface area (Å²) in [6.07, 6.45) is 2.38. The predicted molar refractivity (Wildman–Crippen MR) is 96.0 cm³/mol. The van der Waals surface area contributed by atoms with Crippen LogP contribution in [0.4, 0.5) is 5.69 Å². The second kappa shape index (κ2) is 8.19. The molecule has 24 heavy (non-hydrogen) atoms. The smallest absolute Gasteiger partial charge is 0.266 e. The number of benzene rings is 2. The summed E-state index contributed by atoms with van der Waals surface area (Å²) in [6.45, 7) is 2.06. The monoisotopic (exact) mass is 340 g/mol. The average Bonchev–Trinajstić information content (AvgIpc) is 2.60. The maximum Gasteiger partial charge on any atom is 0.266 e. The molecule has 0 aliphatic heterocycles. The molecule has 5 heteroatoms. The van der Waals surface area contributed by atoms with Gasteiger partial charge in [0.25, 0.3) is 5.91 Å². The molecule has 0 aromatic heterocycles. The molecule has 0 spiro atoms. The van der Waals surface area contributed by atoms with Crippen LogP contribution in [0.15, 0.2) is 48.0 Å². The van der Waals surface area contributed by atoms with E-state index in [2.05, 4.69) is 12.2 Å². The summed E-state index contributed by atoms with van der Waals surface area (Å²) in [5.74, 6) is 0.0519. The Morgan fingerprint density at radius 3 is 2.58 bits per heavy atom. The van der Waals surface area contributed by atoms with Gasteiger partial charge in [-0.25, -0.2) is 0 Å². The van der Waals surface area contributed by atoms with Gasteiger partial charge in [-0.05, 0) is 48.4 Å². The number of nitriles is 1. The zero-order valence-corrected chi connectivity index (χ0v) is 14.2. The van der Waals surface area contributed by atoms with Gasteiger partial charge in [-0.15, -0.1) is 0 Å². The van der Waals surface area contributed by atoms with E-state index < -0.39 is 5.91 Å². The first-order valence-electron chi connectivity index (χ1n) is 7.43. The van der Waals surface area contributed by atoms with E-state index in [4.69, 9.17) is 16.3 Å². The van der Waals surface area contributed by atoms with Crippen LogP contribution >= 0.6 is 11.6 Å². The zero-order valence-electron chi connectivity index (χ0n) is 13.5. The van der Waals surface area contributed by atoms with Crippen LogP contribution < -0.4 is 10.1 Å². The van der Waals surface area contributed by atoms with Crippen molar-refractivity contribution in [1.82, 2.24) is 0 Å². The molecule has 2 aromatic rings. The SMILES string of the molecule is CCc1ccc(NC(=O)/C(C#N)=C/c2cc(Cl)ccc2OC)cc1. The second-order valence-electron chi connectivity index (χ2n) is 5.06. The molecule has 0 saturated heterocycles. The van der Waals surface area contributed by atoms with Crippen LogP contribution in [0.3, 0.4) is 0 Å². The minimum absolute atomic E-state index is 0.0323. The molecule has 4 nitrogen and oxygen atoms in total. The van der Waals surface area contributed by atoms with Crippen LogP contribution in [0.2, 0.25) is 5.02 Å². The van der Waals surface area contributed by atoms with E-state index in [9.17, 15) is 10.1 Å². The van der Waals surface area contributed by atoms with Crippen molar-refractivity contribution in [3.63, 3.8) is 0 Å². The second-order valence-corrected chi connectivity index (χ2v) is 5.50. The Balaban J connectivity index is 2.25. The van der Waals surface area contributed by atoms with Gasteiger partial charge in [0.2, 0.25) is 0 Å². The number of nitrogens with one attached hydrogen (secondary N) is 1. The van der Waals surface area contributed by atoms with E-state index in [1.165, 1.54) is 18.7 Å². The number of ether oxygens (including phenoxy) is 1. The third kappa shape index (κ3) is 4.37. The van der Waals surface area contributed by atoms with Gasteiger partial charge in [-0.1, -0.05) is 30.7 Å². The third-order valence-corrected chi connectivity index (χ3v) is 3.71. The van der Waals surface area contributed by atoms with Gasteiger partial charge in [0.1, 0.15) is 17.4 Å². The van der Waals surface area contributed by atoms with Gasteiger partial charge in [-0.3, -0.25) is 4.79 Å². The number of amides is 1. The van der Waals surface area contributed by atoms with Crippen LogP contribution in [-0.2, 0) is 11.2 Å². The third-order valence-electron chi connectivity index (χ3n) is 3.48. The summed E-state index contributed by atoms with van der Waals surface area (Å²) < 4.78 is 5.22. The molecular formula is C19H17ClN2O2. The van der Waals surface area contributed by atoms with Crippen LogP contribution in [0.25, 0.3) is 6.08 Å². The molecule has 1 amide bonds. The lowest BCUT2D eigenvalue weighted by Gasteiger charge is -2.07. The fourth-order valence-corrected chi connectivity index (χ4v) is 2.32. The lowest BCUT2D eigenvalue weighted by molar-refractivity contribution is -0.112. The number of hydrogen-bond acceptors (Lipinski definition) is 3. The molecular weight excluding hydrogens is 324 g/mol. The Bertz CT molecular complexity index is 805. The van der Waals surface area contributed by atoms with Gasteiger partial charge >= 0.3 is 0 Å². The van der Waals surface area contributed by atoms with Crippen molar-refractivity contribution in [2.24, 2.45) is 0 Å². The fraction of sp³-hybridized carbons (Fsp3) is 0.158. The first-order valence-corrected chi connectivity index (χ1v) is 7.80. The van der Waals surface area contributed by atoms with Crippen molar-refractivity contribution in [2.45, 2.75) is 13.3 Å². The largest absolute Gasteiger partial charge is 0.496 e. The summed E-state index contributed by atoms with van der Waals surface area (Å²) in [6, 6.07) is 14.4. The van der Waals surface area contributed by atoms with Crippen molar-refractivity contribution in [1.29, 1.82) is 5.26 Å². The Morgan fingerprint density at radius 2 is 2.00 bits per heavy atom. The van der Waals surface area contributed by atoms with E-state index in [-0.39, 0.29) is 5.57 Å². The molecule has 0 atom stereocenters. The first kappa shape index (κ1) is 17.6. The number of methoxy groups -OCH3 is 1. The van der Waals surface area contributed by atoms with Crippen molar-refractivity contribution in [3.8, 4) is 11.8 Å². The summed E-state index contributed by atoms with van der Waals surface area (Å²) in [5, 5.41) is 12.5. The Hall–Kier alpha value is -2.77. The maximum atomic E-state index is 12.3. The van der Waals surface area contributed by atoms with Crippen molar-refractivity contribution in [3.05, 3.63) is 64.2 Å². The van der Waals surface area contributed by atoms with Crippen LogP contribution in [0.5, 0.6) is 5.75 Å². The molecule has 2 aromatic carbocycles. The number of carbonyl (C=O) groups is 1. The van der Waals surface area contributed by atoms with Crippen LogP contribution in [-0.4, -0.2) is 13.0 Å². The lowest BCUT2D eigenvalue weighted by Crippen LogP contribution is -2.13. The predicted octanol–water partition coefficient (Wildman–Crippen LogP) is 4.46. The fourth-order valence-electron chi connectivity index (χ4n) is 2.14. The molecule has 122 valence electrons.